The number of ether oxygens (including phenoxy) is 2. The van der Waals surface area contributed by atoms with Crippen molar-refractivity contribution in [2.45, 2.75) is 0 Å². The fourth-order valence-corrected chi connectivity index (χ4v) is 1.36. The van der Waals surface area contributed by atoms with Gasteiger partial charge >= 0.3 is 5.97 Å². The van der Waals surface area contributed by atoms with E-state index in [9.17, 15) is 4.79 Å². The maximum atomic E-state index is 10.8. The number of methoxy groups -OCH3 is 1. The van der Waals surface area contributed by atoms with E-state index in [-0.39, 0.29) is 6.61 Å². The molecular formula is C9H9BrClNO3. The molecule has 1 aromatic carbocycles. The largest absolute Gasteiger partial charge is 0.480 e. The molecule has 0 aliphatic heterocycles. The topological polar surface area (TPSA) is 61.5 Å². The number of carbonyl (C=O) groups excluding carboxylic acids is 1. The van der Waals surface area contributed by atoms with Crippen LogP contribution >= 0.6 is 27.5 Å². The van der Waals surface area contributed by atoms with Crippen LogP contribution in [0, 0.1) is 0 Å². The molecule has 0 saturated carbocycles. The van der Waals surface area contributed by atoms with Gasteiger partial charge in [0, 0.05) is 4.47 Å². The Morgan fingerprint density at radius 3 is 2.87 bits per heavy atom. The molecule has 0 atom stereocenters. The van der Waals surface area contributed by atoms with Crippen molar-refractivity contribution in [2.24, 2.45) is 0 Å². The van der Waals surface area contributed by atoms with Gasteiger partial charge in [0.25, 0.3) is 0 Å². The highest BCUT2D eigenvalue weighted by Gasteiger charge is 2.08. The Hall–Kier alpha value is -0.940. The van der Waals surface area contributed by atoms with E-state index in [2.05, 4.69) is 20.7 Å². The van der Waals surface area contributed by atoms with Crippen molar-refractivity contribution >= 4 is 39.2 Å². The number of hydrogen-bond donors (Lipinski definition) is 1. The predicted octanol–water partition coefficient (Wildman–Crippen LogP) is 2.24. The van der Waals surface area contributed by atoms with Crippen molar-refractivity contribution in [3.8, 4) is 5.75 Å². The summed E-state index contributed by atoms with van der Waals surface area (Å²) in [6.45, 7) is -0.186. The normalized spacial score (nSPS) is 9.80. The SMILES string of the molecule is COC(=O)COc1cc(Br)c(Cl)cc1N. The summed E-state index contributed by atoms with van der Waals surface area (Å²) in [4.78, 5) is 10.8. The maximum absolute atomic E-state index is 10.8. The lowest BCUT2D eigenvalue weighted by molar-refractivity contribution is -0.142. The molecule has 0 heterocycles. The van der Waals surface area contributed by atoms with Gasteiger partial charge in [-0.3, -0.25) is 0 Å². The lowest BCUT2D eigenvalue weighted by Crippen LogP contribution is -2.13. The minimum Gasteiger partial charge on any atom is -0.480 e. The molecule has 0 aliphatic carbocycles. The molecule has 0 amide bonds. The Morgan fingerprint density at radius 1 is 1.60 bits per heavy atom. The first-order valence-corrected chi connectivity index (χ1v) is 5.16. The third-order valence-corrected chi connectivity index (χ3v) is 2.82. The van der Waals surface area contributed by atoms with Crippen molar-refractivity contribution in [1.82, 2.24) is 0 Å². The predicted molar refractivity (Wildman–Crippen MR) is 61.1 cm³/mol. The highest BCUT2D eigenvalue weighted by molar-refractivity contribution is 9.10. The molecule has 0 saturated heterocycles. The standard InChI is InChI=1S/C9H9BrClNO3/c1-14-9(13)4-15-8-2-5(10)6(11)3-7(8)12/h2-3H,4,12H2,1H3. The quantitative estimate of drug-likeness (QED) is 0.686. The van der Waals surface area contributed by atoms with Gasteiger partial charge in [-0.25, -0.2) is 4.79 Å². The van der Waals surface area contributed by atoms with Crippen LogP contribution in [0.3, 0.4) is 0 Å². The molecule has 0 radical (unpaired) electrons. The van der Waals surface area contributed by atoms with Gasteiger partial charge in [0.05, 0.1) is 17.8 Å². The molecule has 0 fully saturated rings. The Morgan fingerprint density at radius 2 is 2.27 bits per heavy atom. The smallest absolute Gasteiger partial charge is 0.343 e. The first kappa shape index (κ1) is 12.1. The number of hydrogen-bond acceptors (Lipinski definition) is 4. The molecular weight excluding hydrogens is 285 g/mol. The highest BCUT2D eigenvalue weighted by Crippen LogP contribution is 2.32. The lowest BCUT2D eigenvalue weighted by atomic mass is 10.3. The summed E-state index contributed by atoms with van der Waals surface area (Å²) in [6.07, 6.45) is 0. The van der Waals surface area contributed by atoms with Gasteiger partial charge in [-0.15, -0.1) is 0 Å². The van der Waals surface area contributed by atoms with Crippen LogP contribution in [0.15, 0.2) is 16.6 Å². The second-order valence-corrected chi connectivity index (χ2v) is 3.93. The van der Waals surface area contributed by atoms with Crippen LogP contribution in [0.1, 0.15) is 0 Å². The molecule has 1 rings (SSSR count). The summed E-state index contributed by atoms with van der Waals surface area (Å²) in [5.41, 5.74) is 6.00. The number of benzene rings is 1. The van der Waals surface area contributed by atoms with E-state index >= 15 is 0 Å². The molecule has 4 nitrogen and oxygen atoms in total. The zero-order valence-electron chi connectivity index (χ0n) is 7.92. The summed E-state index contributed by atoms with van der Waals surface area (Å²) in [5.74, 6) is -0.0860. The summed E-state index contributed by atoms with van der Waals surface area (Å²) < 4.78 is 10.2. The van der Waals surface area contributed by atoms with Gasteiger partial charge in [-0.05, 0) is 28.1 Å². The van der Waals surface area contributed by atoms with E-state index in [1.807, 2.05) is 0 Å². The molecule has 0 aromatic heterocycles. The van der Waals surface area contributed by atoms with Crippen LogP contribution in [0.2, 0.25) is 5.02 Å². The van der Waals surface area contributed by atoms with E-state index in [1.54, 1.807) is 6.07 Å². The van der Waals surface area contributed by atoms with E-state index < -0.39 is 5.97 Å². The van der Waals surface area contributed by atoms with Gasteiger partial charge < -0.3 is 15.2 Å². The van der Waals surface area contributed by atoms with Crippen molar-refractivity contribution in [1.29, 1.82) is 0 Å². The molecule has 0 bridgehead atoms. The molecule has 0 spiro atoms. The average molecular weight is 295 g/mol. The number of nitrogen functional groups attached to an aromatic ring is 1. The first-order valence-electron chi connectivity index (χ1n) is 3.98. The van der Waals surface area contributed by atoms with Crippen LogP contribution in [-0.2, 0) is 9.53 Å². The summed E-state index contributed by atoms with van der Waals surface area (Å²) >= 11 is 9.02. The minimum absolute atomic E-state index is 0.186. The maximum Gasteiger partial charge on any atom is 0.343 e. The molecule has 6 heteroatoms. The monoisotopic (exact) mass is 293 g/mol. The van der Waals surface area contributed by atoms with Crippen molar-refractivity contribution in [2.75, 3.05) is 19.5 Å². The molecule has 1 aromatic rings. The van der Waals surface area contributed by atoms with Crippen LogP contribution in [0.5, 0.6) is 5.75 Å². The van der Waals surface area contributed by atoms with Gasteiger partial charge in [0.15, 0.2) is 6.61 Å². The second kappa shape index (κ2) is 5.23. The zero-order chi connectivity index (χ0) is 11.4. The zero-order valence-corrected chi connectivity index (χ0v) is 10.3. The Kier molecular flexibility index (Phi) is 4.23. The number of carbonyl (C=O) groups is 1. The Labute approximate surface area is 100 Å². The minimum atomic E-state index is -0.472. The third-order valence-electron chi connectivity index (χ3n) is 1.63. The Bertz CT molecular complexity index is 384. The highest BCUT2D eigenvalue weighted by atomic mass is 79.9. The lowest BCUT2D eigenvalue weighted by Gasteiger charge is -2.08. The summed E-state index contributed by atoms with van der Waals surface area (Å²) in [7, 11) is 1.28. The van der Waals surface area contributed by atoms with E-state index in [4.69, 9.17) is 22.1 Å². The van der Waals surface area contributed by atoms with Crippen LogP contribution in [-0.4, -0.2) is 19.7 Å². The van der Waals surface area contributed by atoms with Gasteiger partial charge in [-0.2, -0.15) is 0 Å². The van der Waals surface area contributed by atoms with Crippen molar-refractivity contribution in [3.63, 3.8) is 0 Å². The van der Waals surface area contributed by atoms with Gasteiger partial charge in [-0.1, -0.05) is 11.6 Å². The van der Waals surface area contributed by atoms with Crippen LogP contribution < -0.4 is 10.5 Å². The van der Waals surface area contributed by atoms with E-state index in [0.717, 1.165) is 0 Å². The molecule has 2 N–H and O–H groups in total. The molecule has 15 heavy (non-hydrogen) atoms. The first-order chi connectivity index (χ1) is 7.04. The van der Waals surface area contributed by atoms with E-state index in [0.29, 0.717) is 20.9 Å². The van der Waals surface area contributed by atoms with Gasteiger partial charge in [0.2, 0.25) is 0 Å². The van der Waals surface area contributed by atoms with Crippen molar-refractivity contribution in [3.05, 3.63) is 21.6 Å². The fraction of sp³-hybridized carbons (Fsp3) is 0.222. The number of anilines is 1. The number of esters is 1. The number of halogens is 2. The summed E-state index contributed by atoms with van der Waals surface area (Å²) in [5, 5.41) is 0.484. The molecule has 0 aliphatic rings. The molecule has 0 unspecified atom stereocenters. The second-order valence-electron chi connectivity index (χ2n) is 2.67. The van der Waals surface area contributed by atoms with Gasteiger partial charge in [0.1, 0.15) is 5.75 Å². The van der Waals surface area contributed by atoms with Crippen molar-refractivity contribution < 1.29 is 14.3 Å². The third kappa shape index (κ3) is 3.28. The molecule has 82 valence electrons. The summed E-state index contributed by atoms with van der Waals surface area (Å²) in [6, 6.07) is 3.14. The average Bonchev–Trinajstić information content (AvgIpc) is 2.21. The van der Waals surface area contributed by atoms with E-state index in [1.165, 1.54) is 13.2 Å². The van der Waals surface area contributed by atoms with Crippen LogP contribution in [0.25, 0.3) is 0 Å². The van der Waals surface area contributed by atoms with Crippen LogP contribution in [0.4, 0.5) is 5.69 Å². The number of rotatable bonds is 3. The Balaban J connectivity index is 2.77. The number of nitrogens with two attached hydrogens (primary N) is 1. The fourth-order valence-electron chi connectivity index (χ4n) is 0.865.